The van der Waals surface area contributed by atoms with Gasteiger partial charge < -0.3 is 19.5 Å². The quantitative estimate of drug-likeness (QED) is 0.795. The average Bonchev–Trinajstić information content (AvgIpc) is 2.42. The van der Waals surface area contributed by atoms with Crippen LogP contribution in [0.25, 0.3) is 0 Å². The van der Waals surface area contributed by atoms with E-state index in [-0.39, 0.29) is 12.1 Å². The van der Waals surface area contributed by atoms with Crippen molar-refractivity contribution in [1.29, 1.82) is 0 Å². The lowest BCUT2D eigenvalue weighted by Crippen LogP contribution is -2.33. The molecule has 5 heteroatoms. The van der Waals surface area contributed by atoms with Crippen LogP contribution in [0.4, 0.5) is 0 Å². The molecule has 1 aromatic carbocycles. The van der Waals surface area contributed by atoms with Gasteiger partial charge in [-0.25, -0.2) is 0 Å². The molecule has 0 bridgehead atoms. The third-order valence-corrected chi connectivity index (χ3v) is 3.63. The second-order valence-electron chi connectivity index (χ2n) is 4.34. The summed E-state index contributed by atoms with van der Waals surface area (Å²) in [5, 5.41) is 3.43. The van der Waals surface area contributed by atoms with Gasteiger partial charge in [-0.15, -0.1) is 0 Å². The molecular weight excluding hydrogens is 310 g/mol. The average molecular weight is 332 g/mol. The van der Waals surface area contributed by atoms with Gasteiger partial charge in [0.15, 0.2) is 0 Å². The van der Waals surface area contributed by atoms with E-state index in [4.69, 9.17) is 14.2 Å². The van der Waals surface area contributed by atoms with Crippen LogP contribution in [-0.4, -0.2) is 40.6 Å². The monoisotopic (exact) mass is 331 g/mol. The molecule has 108 valence electrons. The highest BCUT2D eigenvalue weighted by molar-refractivity contribution is 9.10. The molecular formula is C14H22BrNO3. The van der Waals surface area contributed by atoms with E-state index in [1.54, 1.807) is 21.3 Å². The van der Waals surface area contributed by atoms with Crippen molar-refractivity contribution in [3.8, 4) is 5.75 Å². The highest BCUT2D eigenvalue weighted by atomic mass is 79.9. The summed E-state index contributed by atoms with van der Waals surface area (Å²) in [6.07, 6.45) is 0.0640. The summed E-state index contributed by atoms with van der Waals surface area (Å²) in [6.45, 7) is 3.45. The number of methoxy groups -OCH3 is 3. The van der Waals surface area contributed by atoms with Gasteiger partial charge in [-0.05, 0) is 40.5 Å². The summed E-state index contributed by atoms with van der Waals surface area (Å²) in [6, 6.07) is 6.31. The van der Waals surface area contributed by atoms with E-state index in [9.17, 15) is 0 Å². The van der Waals surface area contributed by atoms with Crippen LogP contribution >= 0.6 is 15.9 Å². The van der Waals surface area contributed by atoms with Crippen molar-refractivity contribution in [2.75, 3.05) is 34.5 Å². The third-order valence-electron chi connectivity index (χ3n) is 3.01. The second-order valence-corrected chi connectivity index (χ2v) is 5.19. The Kier molecular flexibility index (Phi) is 7.38. The van der Waals surface area contributed by atoms with Crippen LogP contribution in [-0.2, 0) is 9.47 Å². The zero-order valence-corrected chi connectivity index (χ0v) is 13.5. The third kappa shape index (κ3) is 5.10. The van der Waals surface area contributed by atoms with Gasteiger partial charge in [0, 0.05) is 26.8 Å². The van der Waals surface area contributed by atoms with Crippen molar-refractivity contribution in [2.45, 2.75) is 19.1 Å². The van der Waals surface area contributed by atoms with Crippen molar-refractivity contribution in [1.82, 2.24) is 5.32 Å². The first-order chi connectivity index (χ1) is 9.12. The van der Waals surface area contributed by atoms with Gasteiger partial charge in [0.05, 0.1) is 24.3 Å². The molecule has 0 saturated heterocycles. The first-order valence-electron chi connectivity index (χ1n) is 6.21. The molecule has 0 radical (unpaired) electrons. The van der Waals surface area contributed by atoms with Crippen LogP contribution < -0.4 is 10.1 Å². The maximum Gasteiger partial charge on any atom is 0.133 e. The van der Waals surface area contributed by atoms with E-state index in [0.717, 1.165) is 16.8 Å². The number of benzene rings is 1. The molecule has 0 aliphatic carbocycles. The van der Waals surface area contributed by atoms with Gasteiger partial charge >= 0.3 is 0 Å². The van der Waals surface area contributed by atoms with Gasteiger partial charge in [0.2, 0.25) is 0 Å². The number of halogens is 1. The molecule has 1 N–H and O–H groups in total. The Morgan fingerprint density at radius 3 is 2.53 bits per heavy atom. The summed E-state index contributed by atoms with van der Waals surface area (Å²) in [5.74, 6) is 0.838. The highest BCUT2D eigenvalue weighted by Gasteiger charge is 2.11. The summed E-state index contributed by atoms with van der Waals surface area (Å²) in [5.41, 5.74) is 1.19. The number of hydrogen-bond acceptors (Lipinski definition) is 4. The molecule has 0 saturated carbocycles. The number of rotatable bonds is 8. The molecule has 0 aromatic heterocycles. The van der Waals surface area contributed by atoms with E-state index in [0.29, 0.717) is 6.61 Å². The predicted octanol–water partition coefficient (Wildman–Crippen LogP) is 2.77. The summed E-state index contributed by atoms with van der Waals surface area (Å²) >= 11 is 3.50. The molecule has 4 nitrogen and oxygen atoms in total. The number of nitrogens with one attached hydrogen (secondary N) is 1. The molecule has 2 atom stereocenters. The lowest BCUT2D eigenvalue weighted by molar-refractivity contribution is 0.0276. The van der Waals surface area contributed by atoms with Gasteiger partial charge in [0.1, 0.15) is 5.75 Å². The van der Waals surface area contributed by atoms with E-state index < -0.39 is 0 Å². The van der Waals surface area contributed by atoms with Gasteiger partial charge in [0.25, 0.3) is 0 Å². The predicted molar refractivity (Wildman–Crippen MR) is 79.8 cm³/mol. The lowest BCUT2D eigenvalue weighted by atomic mass is 10.1. The molecule has 0 heterocycles. The maximum absolute atomic E-state index is 5.32. The van der Waals surface area contributed by atoms with E-state index in [1.807, 2.05) is 6.07 Å². The van der Waals surface area contributed by atoms with Crippen LogP contribution in [0.1, 0.15) is 18.5 Å². The van der Waals surface area contributed by atoms with Gasteiger partial charge in [-0.3, -0.25) is 0 Å². The van der Waals surface area contributed by atoms with Crippen molar-refractivity contribution in [3.63, 3.8) is 0 Å². The molecule has 0 fully saturated rings. The fourth-order valence-corrected chi connectivity index (χ4v) is 2.33. The molecule has 19 heavy (non-hydrogen) atoms. The van der Waals surface area contributed by atoms with E-state index >= 15 is 0 Å². The standard InChI is InChI=1S/C14H22BrNO3/c1-10(16-8-12(18-3)9-17-2)11-5-6-14(19-4)13(15)7-11/h5-7,10,12,16H,8-9H2,1-4H3. The minimum atomic E-state index is 0.0640. The van der Waals surface area contributed by atoms with Crippen LogP contribution in [0.2, 0.25) is 0 Å². The molecule has 1 aromatic rings. The summed E-state index contributed by atoms with van der Waals surface area (Å²) in [7, 11) is 5.03. The largest absolute Gasteiger partial charge is 0.496 e. The minimum Gasteiger partial charge on any atom is -0.496 e. The zero-order valence-electron chi connectivity index (χ0n) is 11.9. The Hall–Kier alpha value is -0.620. The van der Waals surface area contributed by atoms with Crippen molar-refractivity contribution >= 4 is 15.9 Å². The fourth-order valence-electron chi connectivity index (χ4n) is 1.77. The Bertz CT molecular complexity index is 387. The van der Waals surface area contributed by atoms with Crippen LogP contribution in [0.5, 0.6) is 5.75 Å². The second kappa shape index (κ2) is 8.53. The minimum absolute atomic E-state index is 0.0640. The Morgan fingerprint density at radius 1 is 1.26 bits per heavy atom. The number of hydrogen-bond donors (Lipinski definition) is 1. The normalized spacial score (nSPS) is 14.2. The maximum atomic E-state index is 5.32. The molecule has 0 aliphatic rings. The van der Waals surface area contributed by atoms with Gasteiger partial charge in [-0.2, -0.15) is 0 Å². The van der Waals surface area contributed by atoms with Crippen molar-refractivity contribution in [2.24, 2.45) is 0 Å². The topological polar surface area (TPSA) is 39.7 Å². The first-order valence-corrected chi connectivity index (χ1v) is 7.00. The van der Waals surface area contributed by atoms with E-state index in [2.05, 4.69) is 40.3 Å². The summed E-state index contributed by atoms with van der Waals surface area (Å²) < 4.78 is 16.6. The SMILES string of the molecule is COCC(CNC(C)c1ccc(OC)c(Br)c1)OC. The fraction of sp³-hybridized carbons (Fsp3) is 0.571. The summed E-state index contributed by atoms with van der Waals surface area (Å²) in [4.78, 5) is 0. The zero-order chi connectivity index (χ0) is 14.3. The lowest BCUT2D eigenvalue weighted by Gasteiger charge is -2.20. The van der Waals surface area contributed by atoms with Crippen LogP contribution in [0.3, 0.4) is 0 Å². The molecule has 0 spiro atoms. The molecule has 0 amide bonds. The Morgan fingerprint density at radius 2 is 2.00 bits per heavy atom. The first kappa shape index (κ1) is 16.4. The molecule has 0 aliphatic heterocycles. The smallest absolute Gasteiger partial charge is 0.133 e. The van der Waals surface area contributed by atoms with Crippen molar-refractivity contribution in [3.05, 3.63) is 28.2 Å². The van der Waals surface area contributed by atoms with Crippen LogP contribution in [0.15, 0.2) is 22.7 Å². The molecule has 1 rings (SSSR count). The highest BCUT2D eigenvalue weighted by Crippen LogP contribution is 2.27. The Balaban J connectivity index is 2.57. The van der Waals surface area contributed by atoms with Crippen molar-refractivity contribution < 1.29 is 14.2 Å². The number of ether oxygens (including phenoxy) is 3. The molecule has 2 unspecified atom stereocenters. The Labute approximate surface area is 123 Å². The van der Waals surface area contributed by atoms with Crippen LogP contribution in [0, 0.1) is 0 Å². The van der Waals surface area contributed by atoms with E-state index in [1.165, 1.54) is 5.56 Å². The van der Waals surface area contributed by atoms with Gasteiger partial charge in [-0.1, -0.05) is 6.07 Å².